The number of rotatable bonds is 3. The Hall–Kier alpha value is -0.292. The zero-order chi connectivity index (χ0) is 7.28. The van der Waals surface area contributed by atoms with Gasteiger partial charge in [-0.15, -0.1) is 0 Å². The van der Waals surface area contributed by atoms with Crippen LogP contribution < -0.4 is 0 Å². The maximum atomic E-state index is 10.4. The van der Waals surface area contributed by atoms with Crippen molar-refractivity contribution in [3.63, 3.8) is 0 Å². The van der Waals surface area contributed by atoms with E-state index in [0.717, 1.165) is 0 Å². The van der Waals surface area contributed by atoms with Gasteiger partial charge in [-0.25, -0.2) is 0 Å². The first-order valence-corrected chi connectivity index (χ1v) is 4.13. The Labute approximate surface area is 65.9 Å². The van der Waals surface area contributed by atoms with Crippen molar-refractivity contribution in [2.75, 3.05) is 0 Å². The molecule has 0 saturated heterocycles. The van der Waals surface area contributed by atoms with Gasteiger partial charge in [0.1, 0.15) is 0 Å². The van der Waals surface area contributed by atoms with E-state index in [1.807, 2.05) is 4.40 Å². The molecule has 0 aliphatic carbocycles. The fraction of sp³-hybridized carbons (Fsp3) is 0.143. The second-order valence-electron chi connectivity index (χ2n) is 1.51. The quantitative estimate of drug-likeness (QED) is 0.428. The van der Waals surface area contributed by atoms with Gasteiger partial charge < -0.3 is 0 Å². The van der Waals surface area contributed by atoms with Crippen LogP contribution in [0.2, 0.25) is 0 Å². The van der Waals surface area contributed by atoms with Gasteiger partial charge in [-0.2, -0.15) is 0 Å². The van der Waals surface area contributed by atoms with Crippen molar-refractivity contribution in [3.8, 4) is 0 Å². The minimum atomic E-state index is -0.0805. The average molecular weight is 291 g/mol. The summed E-state index contributed by atoms with van der Waals surface area (Å²) in [5.74, 6) is -0.0805. The minimum absolute atomic E-state index is 0.0805. The summed E-state index contributed by atoms with van der Waals surface area (Å²) in [6, 6.07) is 0. The summed E-state index contributed by atoms with van der Waals surface area (Å²) < 4.78 is 1.90. The Morgan fingerprint density at radius 3 is 2.56 bits per heavy atom. The number of allylic oxidation sites excluding steroid dienone is 3. The van der Waals surface area contributed by atoms with Crippen LogP contribution in [0.25, 0.3) is 0 Å². The third-order valence-electron chi connectivity index (χ3n) is 0.761. The van der Waals surface area contributed by atoms with Crippen LogP contribution >= 0.6 is 0 Å². The molecule has 0 saturated carbocycles. The second kappa shape index (κ2) is 4.57. The summed E-state index contributed by atoms with van der Waals surface area (Å²) in [6.07, 6.45) is 3.38. The van der Waals surface area contributed by atoms with Crippen LogP contribution in [0.1, 0.15) is 6.92 Å². The molecule has 0 atom stereocenters. The summed E-state index contributed by atoms with van der Waals surface area (Å²) >= 11 is 1.35. The molecule has 0 aromatic rings. The fourth-order valence-electron chi connectivity index (χ4n) is 0.260. The van der Waals surface area contributed by atoms with Gasteiger partial charge in [-0.1, -0.05) is 0 Å². The summed E-state index contributed by atoms with van der Waals surface area (Å²) in [5, 5.41) is 0. The van der Waals surface area contributed by atoms with E-state index in [0.29, 0.717) is 5.57 Å². The van der Waals surface area contributed by atoms with E-state index >= 15 is 0 Å². The molecule has 48 valence electrons. The van der Waals surface area contributed by atoms with Crippen LogP contribution in [0.15, 0.2) is 17.7 Å². The number of carbonyl (C=O) groups is 1. The Kier molecular flexibility index (Phi) is 4.43. The first-order chi connectivity index (χ1) is 4.18. The predicted octanol–water partition coefficient (Wildman–Crippen LogP) is 0.840. The van der Waals surface area contributed by atoms with Crippen LogP contribution in [0.5, 0.6) is 0 Å². The van der Waals surface area contributed by atoms with E-state index < -0.39 is 0 Å². The topological polar surface area (TPSA) is 17.1 Å². The molecule has 0 heterocycles. The molecule has 1 nitrogen and oxygen atoms in total. The SMILES string of the molecule is [CH-]=C(/C=C\[CH]=[W])C(C)=O. The van der Waals surface area contributed by atoms with Gasteiger partial charge in [0.15, 0.2) is 0 Å². The van der Waals surface area contributed by atoms with Crippen LogP contribution in [0.4, 0.5) is 0 Å². The normalized spacial score (nSPS) is 9.44. The van der Waals surface area contributed by atoms with Crippen molar-refractivity contribution in [1.82, 2.24) is 0 Å². The Bertz CT molecular complexity index is 168. The molecular weight excluding hydrogens is 284 g/mol. The zero-order valence-corrected chi connectivity index (χ0v) is 8.06. The van der Waals surface area contributed by atoms with E-state index in [4.69, 9.17) is 6.58 Å². The predicted molar refractivity (Wildman–Crippen MR) is 33.7 cm³/mol. The van der Waals surface area contributed by atoms with Crippen LogP contribution in [0, 0.1) is 6.58 Å². The van der Waals surface area contributed by atoms with E-state index in [9.17, 15) is 4.79 Å². The maximum absolute atomic E-state index is 10.4. The first-order valence-electron chi connectivity index (χ1n) is 2.43. The Morgan fingerprint density at radius 2 is 2.22 bits per heavy atom. The molecule has 0 rings (SSSR count). The Morgan fingerprint density at radius 1 is 1.67 bits per heavy atom. The van der Waals surface area contributed by atoms with Crippen molar-refractivity contribution in [2.45, 2.75) is 6.92 Å². The molecule has 0 radical (unpaired) electrons. The molecule has 0 aliphatic rings. The molecule has 0 aromatic carbocycles. The summed E-state index contributed by atoms with van der Waals surface area (Å²) in [6.45, 7) is 6.72. The monoisotopic (exact) mass is 291 g/mol. The van der Waals surface area contributed by atoms with Gasteiger partial charge in [0.05, 0.1) is 0 Å². The van der Waals surface area contributed by atoms with E-state index in [-0.39, 0.29) is 5.78 Å². The standard InChI is InChI=1S/C7H7O.W/c1-4-5-6(2)7(3)8;/h1-2,4-5H,3H3;/q-1;/b5-4-;. The molecule has 0 amide bonds. The number of hydrogen-bond donors (Lipinski definition) is 0. The van der Waals surface area contributed by atoms with Gasteiger partial charge in [-0.05, 0) is 0 Å². The van der Waals surface area contributed by atoms with Crippen molar-refractivity contribution < 1.29 is 24.1 Å². The summed E-state index contributed by atoms with van der Waals surface area (Å²) in [5.41, 5.74) is 0.313. The molecule has 0 unspecified atom stereocenters. The summed E-state index contributed by atoms with van der Waals surface area (Å²) in [4.78, 5) is 10.4. The second-order valence-corrected chi connectivity index (χ2v) is 2.48. The fourth-order valence-corrected chi connectivity index (χ4v) is 0.543. The average Bonchev–Trinajstić information content (AvgIpc) is 1.82. The van der Waals surface area contributed by atoms with Gasteiger partial charge in [0.25, 0.3) is 0 Å². The van der Waals surface area contributed by atoms with Crippen LogP contribution in [-0.4, -0.2) is 10.2 Å². The molecule has 0 aromatic heterocycles. The number of hydrogen-bond acceptors (Lipinski definition) is 1. The molecule has 0 spiro atoms. The van der Waals surface area contributed by atoms with Crippen LogP contribution in [-0.2, 0) is 24.1 Å². The van der Waals surface area contributed by atoms with Gasteiger partial charge >= 0.3 is 65.6 Å². The van der Waals surface area contributed by atoms with E-state index in [1.54, 1.807) is 12.2 Å². The van der Waals surface area contributed by atoms with E-state index in [1.165, 1.54) is 26.3 Å². The number of carbonyl (C=O) groups excluding carboxylic acids is 1. The third kappa shape index (κ3) is 4.23. The van der Waals surface area contributed by atoms with Gasteiger partial charge in [0.2, 0.25) is 0 Å². The molecule has 0 bridgehead atoms. The van der Waals surface area contributed by atoms with E-state index in [2.05, 4.69) is 0 Å². The zero-order valence-electron chi connectivity index (χ0n) is 5.13. The third-order valence-corrected chi connectivity index (χ3v) is 1.33. The molecule has 0 fully saturated rings. The Balaban J connectivity index is 3.92. The molecule has 2 heteroatoms. The number of ketones is 1. The molecule has 0 aliphatic heterocycles. The van der Waals surface area contributed by atoms with Gasteiger partial charge in [-0.3, -0.25) is 0 Å². The van der Waals surface area contributed by atoms with Crippen molar-refractivity contribution in [2.24, 2.45) is 0 Å². The summed E-state index contributed by atoms with van der Waals surface area (Å²) in [7, 11) is 0. The first kappa shape index (κ1) is 8.71. The van der Waals surface area contributed by atoms with Crippen LogP contribution in [0.3, 0.4) is 0 Å². The van der Waals surface area contributed by atoms with Crippen molar-refractivity contribution >= 4 is 10.2 Å². The van der Waals surface area contributed by atoms with Crippen molar-refractivity contribution in [3.05, 3.63) is 24.3 Å². The molecule has 9 heavy (non-hydrogen) atoms. The number of Topliss-reactive ketones (excluding diaryl/α,β-unsaturated/α-hetero) is 1. The van der Waals surface area contributed by atoms with Gasteiger partial charge in [0, 0.05) is 0 Å². The molecular formula is C7H7OW-. The molecule has 0 N–H and O–H groups in total. The van der Waals surface area contributed by atoms with Crippen molar-refractivity contribution in [1.29, 1.82) is 0 Å².